The Morgan fingerprint density at radius 3 is 2.32 bits per heavy atom. The van der Waals surface area contributed by atoms with Gasteiger partial charge in [-0.1, -0.05) is 0 Å². The molecular weight excluding hydrogens is 282 g/mol. The van der Waals surface area contributed by atoms with E-state index in [1.54, 1.807) is 45.0 Å². The number of benzene rings is 1. The Hall–Kier alpha value is -2.69. The summed E-state index contributed by atoms with van der Waals surface area (Å²) in [6.45, 7) is 5.32. The van der Waals surface area contributed by atoms with Crippen LogP contribution < -0.4 is 5.32 Å². The topological polar surface area (TPSA) is 72.5 Å². The van der Waals surface area contributed by atoms with Gasteiger partial charge in [0.05, 0.1) is 17.9 Å². The summed E-state index contributed by atoms with van der Waals surface area (Å²) in [5.74, 6) is -0.777. The Morgan fingerprint density at radius 2 is 1.73 bits per heavy atom. The van der Waals surface area contributed by atoms with Crippen molar-refractivity contribution >= 4 is 23.2 Å². The molecular formula is C17H17NO4. The van der Waals surface area contributed by atoms with Crippen LogP contribution in [-0.4, -0.2) is 24.1 Å². The summed E-state index contributed by atoms with van der Waals surface area (Å²) in [4.78, 5) is 35.5. The Kier molecular flexibility index (Phi) is 4.56. The van der Waals surface area contributed by atoms with E-state index in [-0.39, 0.29) is 17.3 Å². The van der Waals surface area contributed by atoms with Crippen molar-refractivity contribution in [2.45, 2.75) is 20.8 Å². The van der Waals surface area contributed by atoms with E-state index < -0.39 is 5.97 Å². The monoisotopic (exact) mass is 299 g/mol. The van der Waals surface area contributed by atoms with Gasteiger partial charge in [0.25, 0.3) is 0 Å². The minimum atomic E-state index is -0.397. The van der Waals surface area contributed by atoms with E-state index in [0.717, 1.165) is 0 Å². The van der Waals surface area contributed by atoms with Crippen LogP contribution in [0.15, 0.2) is 47.2 Å². The fourth-order valence-corrected chi connectivity index (χ4v) is 2.01. The van der Waals surface area contributed by atoms with E-state index in [0.29, 0.717) is 29.0 Å². The van der Waals surface area contributed by atoms with Crippen molar-refractivity contribution in [3.63, 3.8) is 0 Å². The molecule has 0 saturated heterocycles. The van der Waals surface area contributed by atoms with Gasteiger partial charge in [0.15, 0.2) is 5.78 Å². The molecule has 1 N–H and O–H groups in total. The fourth-order valence-electron chi connectivity index (χ4n) is 2.01. The van der Waals surface area contributed by atoms with Gasteiger partial charge in [-0.05, 0) is 45.0 Å². The van der Waals surface area contributed by atoms with Gasteiger partial charge in [-0.25, -0.2) is 4.79 Å². The van der Waals surface area contributed by atoms with E-state index in [1.165, 1.54) is 6.08 Å². The number of rotatable bonds is 4. The predicted octanol–water partition coefficient (Wildman–Crippen LogP) is 2.65. The highest BCUT2D eigenvalue weighted by molar-refractivity contribution is 6.23. The Morgan fingerprint density at radius 1 is 1.09 bits per heavy atom. The zero-order valence-electron chi connectivity index (χ0n) is 12.7. The molecule has 0 saturated carbocycles. The zero-order chi connectivity index (χ0) is 16.3. The van der Waals surface area contributed by atoms with Crippen LogP contribution in [0.1, 0.15) is 31.1 Å². The number of carbonyl (C=O) groups is 3. The summed E-state index contributed by atoms with van der Waals surface area (Å²) in [7, 11) is 0. The number of carbonyl (C=O) groups excluding carboxylic acids is 3. The molecule has 114 valence electrons. The number of ether oxygens (including phenoxy) is 1. The van der Waals surface area contributed by atoms with Gasteiger partial charge in [0, 0.05) is 22.9 Å². The van der Waals surface area contributed by atoms with Crippen LogP contribution in [0.5, 0.6) is 0 Å². The summed E-state index contributed by atoms with van der Waals surface area (Å²) >= 11 is 0. The molecule has 2 rings (SSSR count). The SMILES string of the molecule is CCOC(=O)c1ccc(NC2=CC(=O)C(C)=C(C)C2=O)cc1. The molecule has 0 aromatic heterocycles. The van der Waals surface area contributed by atoms with Crippen LogP contribution in [0.4, 0.5) is 5.69 Å². The summed E-state index contributed by atoms with van der Waals surface area (Å²) < 4.78 is 4.90. The summed E-state index contributed by atoms with van der Waals surface area (Å²) in [6, 6.07) is 6.52. The Labute approximate surface area is 128 Å². The van der Waals surface area contributed by atoms with Crippen molar-refractivity contribution in [1.82, 2.24) is 0 Å². The van der Waals surface area contributed by atoms with Crippen LogP contribution in [-0.2, 0) is 14.3 Å². The minimum Gasteiger partial charge on any atom is -0.462 e. The first-order valence-corrected chi connectivity index (χ1v) is 6.96. The van der Waals surface area contributed by atoms with Crippen LogP contribution >= 0.6 is 0 Å². The highest BCUT2D eigenvalue weighted by atomic mass is 16.5. The second-order valence-electron chi connectivity index (χ2n) is 4.92. The second kappa shape index (κ2) is 6.39. The highest BCUT2D eigenvalue weighted by Gasteiger charge is 2.23. The number of hydrogen-bond donors (Lipinski definition) is 1. The minimum absolute atomic E-state index is 0.178. The van der Waals surface area contributed by atoms with Crippen molar-refractivity contribution < 1.29 is 19.1 Å². The zero-order valence-corrected chi connectivity index (χ0v) is 12.7. The highest BCUT2D eigenvalue weighted by Crippen LogP contribution is 2.21. The molecule has 1 aromatic rings. The van der Waals surface area contributed by atoms with Gasteiger partial charge in [-0.2, -0.15) is 0 Å². The van der Waals surface area contributed by atoms with E-state index in [2.05, 4.69) is 5.32 Å². The lowest BCUT2D eigenvalue weighted by Crippen LogP contribution is -2.21. The summed E-state index contributed by atoms with van der Waals surface area (Å²) in [5, 5.41) is 2.91. The third-order valence-corrected chi connectivity index (χ3v) is 3.47. The van der Waals surface area contributed by atoms with E-state index in [4.69, 9.17) is 4.74 Å². The van der Waals surface area contributed by atoms with Crippen molar-refractivity contribution in [1.29, 1.82) is 0 Å². The van der Waals surface area contributed by atoms with Gasteiger partial charge < -0.3 is 10.1 Å². The first kappa shape index (κ1) is 15.7. The number of Topliss-reactive ketones (excluding diaryl/α,β-unsaturated/α-hetero) is 1. The lowest BCUT2D eigenvalue weighted by atomic mass is 9.95. The number of ketones is 2. The number of hydrogen-bond acceptors (Lipinski definition) is 5. The number of nitrogens with one attached hydrogen (secondary N) is 1. The predicted molar refractivity (Wildman–Crippen MR) is 82.5 cm³/mol. The van der Waals surface area contributed by atoms with E-state index in [1.807, 2.05) is 0 Å². The lowest BCUT2D eigenvalue weighted by Gasteiger charge is -2.16. The average Bonchev–Trinajstić information content (AvgIpc) is 2.51. The van der Waals surface area contributed by atoms with Crippen LogP contribution in [0.3, 0.4) is 0 Å². The second-order valence-corrected chi connectivity index (χ2v) is 4.92. The van der Waals surface area contributed by atoms with Gasteiger partial charge in [-0.15, -0.1) is 0 Å². The van der Waals surface area contributed by atoms with Crippen molar-refractivity contribution in [3.8, 4) is 0 Å². The molecule has 0 fully saturated rings. The molecule has 0 amide bonds. The molecule has 5 heteroatoms. The number of allylic oxidation sites excluding steroid dienone is 3. The number of esters is 1. The maximum atomic E-state index is 12.1. The molecule has 0 spiro atoms. The third kappa shape index (κ3) is 3.14. The molecule has 0 atom stereocenters. The molecule has 0 heterocycles. The molecule has 22 heavy (non-hydrogen) atoms. The van der Waals surface area contributed by atoms with Crippen molar-refractivity contribution in [3.05, 3.63) is 52.7 Å². The molecule has 1 aliphatic carbocycles. The summed E-state index contributed by atoms with van der Waals surface area (Å²) in [6.07, 6.45) is 1.30. The normalized spacial score (nSPS) is 14.8. The molecule has 0 unspecified atom stereocenters. The first-order valence-electron chi connectivity index (χ1n) is 6.96. The van der Waals surface area contributed by atoms with Crippen molar-refractivity contribution in [2.24, 2.45) is 0 Å². The molecule has 1 aliphatic rings. The molecule has 0 aliphatic heterocycles. The third-order valence-electron chi connectivity index (χ3n) is 3.47. The molecule has 5 nitrogen and oxygen atoms in total. The van der Waals surface area contributed by atoms with Gasteiger partial charge >= 0.3 is 5.97 Å². The van der Waals surface area contributed by atoms with Crippen LogP contribution in [0.25, 0.3) is 0 Å². The maximum Gasteiger partial charge on any atom is 0.338 e. The summed E-state index contributed by atoms with van der Waals surface area (Å²) in [5.41, 5.74) is 2.19. The smallest absolute Gasteiger partial charge is 0.338 e. The van der Waals surface area contributed by atoms with Crippen molar-refractivity contribution in [2.75, 3.05) is 11.9 Å². The van der Waals surface area contributed by atoms with Gasteiger partial charge in [0.2, 0.25) is 5.78 Å². The molecule has 0 bridgehead atoms. The largest absolute Gasteiger partial charge is 0.462 e. The fraction of sp³-hybridized carbons (Fsp3) is 0.235. The van der Waals surface area contributed by atoms with Gasteiger partial charge in [-0.3, -0.25) is 9.59 Å². The Bertz CT molecular complexity index is 696. The maximum absolute atomic E-state index is 12.1. The molecule has 1 aromatic carbocycles. The quantitative estimate of drug-likeness (QED) is 0.683. The molecule has 0 radical (unpaired) electrons. The van der Waals surface area contributed by atoms with Crippen LogP contribution in [0.2, 0.25) is 0 Å². The first-order chi connectivity index (χ1) is 10.4. The Balaban J connectivity index is 2.15. The van der Waals surface area contributed by atoms with Crippen LogP contribution in [0, 0.1) is 0 Å². The standard InChI is InChI=1S/C17H17NO4/c1-4-22-17(21)12-5-7-13(8-6-12)18-14-9-15(19)10(2)11(3)16(14)20/h5-9,18H,4H2,1-3H3. The van der Waals surface area contributed by atoms with E-state index in [9.17, 15) is 14.4 Å². The van der Waals surface area contributed by atoms with Gasteiger partial charge in [0.1, 0.15) is 0 Å². The lowest BCUT2D eigenvalue weighted by molar-refractivity contribution is -0.115. The number of anilines is 1. The average molecular weight is 299 g/mol. The van der Waals surface area contributed by atoms with E-state index >= 15 is 0 Å².